The molecule has 2 aliphatic heterocycles. The predicted octanol–water partition coefficient (Wildman–Crippen LogP) is 5.02. The molecule has 4 nitrogen and oxygen atoms in total. The average molecular weight is 385 g/mol. The number of benzene rings is 2. The van der Waals surface area contributed by atoms with Crippen LogP contribution in [0.15, 0.2) is 36.4 Å². The van der Waals surface area contributed by atoms with Crippen molar-refractivity contribution in [1.82, 2.24) is 4.90 Å². The van der Waals surface area contributed by atoms with Gasteiger partial charge in [-0.1, -0.05) is 19.1 Å². The molecule has 1 fully saturated rings. The van der Waals surface area contributed by atoms with E-state index in [0.29, 0.717) is 30.4 Å². The maximum absolute atomic E-state index is 14.2. The standard InChI is InChI=1S/C23H28FNO3/c1-15-13-21(28-20-10-9-19(26)23(24)22(15)20)17-5-7-18(8-6-17)27-14-16(2)25-11-3-4-12-25/h5-10,15-16,21,26H,3-4,11-14H2,1-2H3/t15?,16?,21-/m1/s1. The number of likely N-dealkylation sites (tertiary alicyclic amines) is 1. The van der Waals surface area contributed by atoms with Gasteiger partial charge in [-0.3, -0.25) is 4.90 Å². The van der Waals surface area contributed by atoms with Crippen molar-refractivity contribution >= 4 is 0 Å². The van der Waals surface area contributed by atoms with Crippen molar-refractivity contribution in [2.24, 2.45) is 0 Å². The smallest absolute Gasteiger partial charge is 0.171 e. The molecule has 0 aromatic heterocycles. The van der Waals surface area contributed by atoms with E-state index in [-0.39, 0.29) is 17.8 Å². The zero-order chi connectivity index (χ0) is 19.7. The van der Waals surface area contributed by atoms with Gasteiger partial charge in [0.15, 0.2) is 11.6 Å². The van der Waals surface area contributed by atoms with Gasteiger partial charge in [-0.15, -0.1) is 0 Å². The second kappa shape index (κ2) is 8.00. The summed E-state index contributed by atoms with van der Waals surface area (Å²) in [4.78, 5) is 2.47. The fourth-order valence-corrected chi connectivity index (χ4v) is 4.25. The number of hydrogen-bond acceptors (Lipinski definition) is 4. The number of aromatic hydroxyl groups is 1. The van der Waals surface area contributed by atoms with E-state index in [2.05, 4.69) is 11.8 Å². The highest BCUT2D eigenvalue weighted by atomic mass is 19.1. The maximum Gasteiger partial charge on any atom is 0.171 e. The topological polar surface area (TPSA) is 41.9 Å². The molecule has 0 spiro atoms. The van der Waals surface area contributed by atoms with Crippen molar-refractivity contribution in [2.75, 3.05) is 19.7 Å². The number of fused-ring (bicyclic) bond motifs is 1. The summed E-state index contributed by atoms with van der Waals surface area (Å²) >= 11 is 0. The second-order valence-corrected chi connectivity index (χ2v) is 8.03. The number of halogens is 1. The van der Waals surface area contributed by atoms with Crippen molar-refractivity contribution in [3.63, 3.8) is 0 Å². The summed E-state index contributed by atoms with van der Waals surface area (Å²) in [5.41, 5.74) is 1.51. The monoisotopic (exact) mass is 385 g/mol. The minimum atomic E-state index is -0.570. The van der Waals surface area contributed by atoms with Crippen molar-refractivity contribution < 1.29 is 19.0 Å². The third-order valence-electron chi connectivity index (χ3n) is 5.96. The zero-order valence-electron chi connectivity index (χ0n) is 16.5. The molecule has 1 N–H and O–H groups in total. The van der Waals surface area contributed by atoms with Gasteiger partial charge < -0.3 is 14.6 Å². The molecule has 150 valence electrons. The number of hydrogen-bond donors (Lipinski definition) is 1. The highest BCUT2D eigenvalue weighted by Gasteiger charge is 2.30. The van der Waals surface area contributed by atoms with E-state index in [0.717, 1.165) is 11.3 Å². The minimum absolute atomic E-state index is 0.0295. The maximum atomic E-state index is 14.2. The molecule has 2 unspecified atom stereocenters. The normalized spacial score (nSPS) is 23.1. The Hall–Kier alpha value is -2.27. The first-order valence-corrected chi connectivity index (χ1v) is 10.2. The van der Waals surface area contributed by atoms with Crippen LogP contribution < -0.4 is 9.47 Å². The molecule has 4 rings (SSSR count). The van der Waals surface area contributed by atoms with E-state index < -0.39 is 5.82 Å². The van der Waals surface area contributed by atoms with Crippen LogP contribution in [0.3, 0.4) is 0 Å². The molecule has 0 aliphatic carbocycles. The largest absolute Gasteiger partial charge is 0.505 e. The summed E-state index contributed by atoms with van der Waals surface area (Å²) in [6.07, 6.45) is 3.10. The molecule has 0 amide bonds. The van der Waals surface area contributed by atoms with E-state index in [1.54, 1.807) is 6.07 Å². The molecule has 0 saturated carbocycles. The van der Waals surface area contributed by atoms with Gasteiger partial charge in [-0.25, -0.2) is 4.39 Å². The summed E-state index contributed by atoms with van der Waals surface area (Å²) in [5, 5.41) is 9.62. The molecule has 2 aromatic rings. The molecule has 1 saturated heterocycles. The first-order valence-electron chi connectivity index (χ1n) is 10.2. The molecule has 3 atom stereocenters. The summed E-state index contributed by atoms with van der Waals surface area (Å²) in [6, 6.07) is 11.4. The van der Waals surface area contributed by atoms with Crippen LogP contribution in [0.2, 0.25) is 0 Å². The lowest BCUT2D eigenvalue weighted by molar-refractivity contribution is 0.159. The van der Waals surface area contributed by atoms with Gasteiger partial charge >= 0.3 is 0 Å². The van der Waals surface area contributed by atoms with Crippen LogP contribution in [0.1, 0.15) is 56.3 Å². The molecule has 5 heteroatoms. The van der Waals surface area contributed by atoms with Gasteiger partial charge in [0, 0.05) is 11.6 Å². The lowest BCUT2D eigenvalue weighted by atomic mass is 9.88. The van der Waals surface area contributed by atoms with Crippen LogP contribution in [-0.4, -0.2) is 35.7 Å². The van der Waals surface area contributed by atoms with E-state index in [1.165, 1.54) is 32.0 Å². The van der Waals surface area contributed by atoms with Gasteiger partial charge in [0.25, 0.3) is 0 Å². The average Bonchev–Trinajstić information content (AvgIpc) is 3.24. The summed E-state index contributed by atoms with van der Waals surface area (Å²) in [5.74, 6) is 0.448. The summed E-state index contributed by atoms with van der Waals surface area (Å²) in [7, 11) is 0. The van der Waals surface area contributed by atoms with Crippen LogP contribution in [0, 0.1) is 5.82 Å². The highest BCUT2D eigenvalue weighted by Crippen LogP contribution is 2.45. The van der Waals surface area contributed by atoms with Crippen LogP contribution in [-0.2, 0) is 0 Å². The number of phenolic OH excluding ortho intramolecular Hbond substituents is 1. The van der Waals surface area contributed by atoms with Crippen LogP contribution in [0.25, 0.3) is 0 Å². The second-order valence-electron chi connectivity index (χ2n) is 8.03. The Kier molecular flexibility index (Phi) is 5.44. The first kappa shape index (κ1) is 19.1. The highest BCUT2D eigenvalue weighted by molar-refractivity contribution is 5.45. The Balaban J connectivity index is 1.40. The van der Waals surface area contributed by atoms with Crippen molar-refractivity contribution in [2.45, 2.75) is 51.2 Å². The molecule has 2 aliphatic rings. The van der Waals surface area contributed by atoms with Gasteiger partial charge in [-0.05, 0) is 75.0 Å². The Morgan fingerprint density at radius 3 is 2.61 bits per heavy atom. The molecule has 28 heavy (non-hydrogen) atoms. The zero-order valence-corrected chi connectivity index (χ0v) is 16.5. The Bertz CT molecular complexity index is 817. The molecule has 2 aromatic carbocycles. The van der Waals surface area contributed by atoms with Gasteiger partial charge in [0.1, 0.15) is 24.2 Å². The van der Waals surface area contributed by atoms with E-state index >= 15 is 0 Å². The Morgan fingerprint density at radius 1 is 1.18 bits per heavy atom. The lowest BCUT2D eigenvalue weighted by Gasteiger charge is -2.31. The molecule has 2 heterocycles. The molecule has 0 bridgehead atoms. The molecule has 0 radical (unpaired) electrons. The van der Waals surface area contributed by atoms with E-state index in [1.807, 2.05) is 31.2 Å². The van der Waals surface area contributed by atoms with Crippen molar-refractivity contribution in [3.05, 3.63) is 53.3 Å². The summed E-state index contributed by atoms with van der Waals surface area (Å²) in [6.45, 7) is 7.20. The quantitative estimate of drug-likeness (QED) is 0.785. The molecular weight excluding hydrogens is 357 g/mol. The fraction of sp³-hybridized carbons (Fsp3) is 0.478. The third kappa shape index (κ3) is 3.81. The van der Waals surface area contributed by atoms with E-state index in [4.69, 9.17) is 9.47 Å². The lowest BCUT2D eigenvalue weighted by Crippen LogP contribution is -2.34. The number of ether oxygens (including phenoxy) is 2. The fourth-order valence-electron chi connectivity index (χ4n) is 4.25. The Morgan fingerprint density at radius 2 is 1.89 bits per heavy atom. The Labute approximate surface area is 165 Å². The predicted molar refractivity (Wildman–Crippen MR) is 107 cm³/mol. The van der Waals surface area contributed by atoms with Crippen LogP contribution in [0.4, 0.5) is 4.39 Å². The van der Waals surface area contributed by atoms with Gasteiger partial charge in [0.2, 0.25) is 0 Å². The van der Waals surface area contributed by atoms with Crippen molar-refractivity contribution in [1.29, 1.82) is 0 Å². The number of nitrogens with zero attached hydrogens (tertiary/aromatic N) is 1. The molecular formula is C23H28FNO3. The van der Waals surface area contributed by atoms with Crippen LogP contribution in [0.5, 0.6) is 17.2 Å². The SMILES string of the molecule is CC1C[C@H](c2ccc(OCC(C)N3CCCC3)cc2)Oc2ccc(O)c(F)c21. The third-order valence-corrected chi connectivity index (χ3v) is 5.96. The van der Waals surface area contributed by atoms with Gasteiger partial charge in [0.05, 0.1) is 0 Å². The van der Waals surface area contributed by atoms with Crippen LogP contribution >= 0.6 is 0 Å². The number of phenols is 1. The summed E-state index contributed by atoms with van der Waals surface area (Å²) < 4.78 is 26.2. The minimum Gasteiger partial charge on any atom is -0.505 e. The van der Waals surface area contributed by atoms with E-state index in [9.17, 15) is 9.50 Å². The first-order chi connectivity index (χ1) is 13.5. The number of rotatable bonds is 5. The van der Waals surface area contributed by atoms with Crippen molar-refractivity contribution in [3.8, 4) is 17.2 Å². The van der Waals surface area contributed by atoms with Gasteiger partial charge in [-0.2, -0.15) is 0 Å².